The predicted octanol–water partition coefficient (Wildman–Crippen LogP) is 5.46. The lowest BCUT2D eigenvalue weighted by Gasteiger charge is -2.24. The van der Waals surface area contributed by atoms with Gasteiger partial charge >= 0.3 is 0 Å². The number of nitrogens with one attached hydrogen (secondary N) is 2. The molecular formula is C26H26N2O3. The van der Waals surface area contributed by atoms with Crippen molar-refractivity contribution < 1.29 is 14.3 Å². The number of fused-ring (bicyclic) bond motifs is 1. The van der Waals surface area contributed by atoms with Gasteiger partial charge in [-0.25, -0.2) is 0 Å². The fourth-order valence-electron chi connectivity index (χ4n) is 3.92. The third-order valence-corrected chi connectivity index (χ3v) is 5.57. The van der Waals surface area contributed by atoms with Gasteiger partial charge in [-0.15, -0.1) is 0 Å². The number of carbonyl (C=O) groups excluding carboxylic acids is 1. The second-order valence-corrected chi connectivity index (χ2v) is 7.45. The topological polar surface area (TPSA) is 63.4 Å². The number of H-pyrrole nitrogens is 1. The normalized spacial score (nSPS) is 13.0. The molecule has 5 nitrogen and oxygen atoms in total. The maximum atomic E-state index is 13.7. The molecule has 2 N–H and O–H groups in total. The zero-order valence-corrected chi connectivity index (χ0v) is 17.9. The summed E-state index contributed by atoms with van der Waals surface area (Å²) in [6.45, 7) is 2.02. The molecule has 1 aromatic heterocycles. The minimum atomic E-state index is -0.522. The Morgan fingerprint density at radius 1 is 0.935 bits per heavy atom. The molecule has 0 aliphatic heterocycles. The van der Waals surface area contributed by atoms with Gasteiger partial charge in [0.1, 0.15) is 11.5 Å². The molecule has 5 heteroatoms. The molecule has 0 amide bonds. The zero-order chi connectivity index (χ0) is 21.8. The Bertz CT molecular complexity index is 1180. The Kier molecular flexibility index (Phi) is 6.05. The van der Waals surface area contributed by atoms with Crippen LogP contribution in [0.25, 0.3) is 10.9 Å². The van der Waals surface area contributed by atoms with Crippen LogP contribution in [0.1, 0.15) is 40.5 Å². The summed E-state index contributed by atoms with van der Waals surface area (Å²) in [6, 6.07) is 22.6. The smallest absolute Gasteiger partial charge is 0.186 e. The lowest BCUT2D eigenvalue weighted by atomic mass is 9.95. The first-order valence-corrected chi connectivity index (χ1v) is 10.3. The van der Waals surface area contributed by atoms with Crippen LogP contribution in [0.5, 0.6) is 11.5 Å². The Balaban J connectivity index is 1.72. The summed E-state index contributed by atoms with van der Waals surface area (Å²) in [6.07, 6.45) is 1.79. The first-order chi connectivity index (χ1) is 15.1. The van der Waals surface area contributed by atoms with Gasteiger partial charge in [0, 0.05) is 34.3 Å². The molecule has 4 rings (SSSR count). The van der Waals surface area contributed by atoms with Crippen LogP contribution in [0.2, 0.25) is 0 Å². The highest BCUT2D eigenvalue weighted by atomic mass is 16.5. The monoisotopic (exact) mass is 414 g/mol. The van der Waals surface area contributed by atoms with E-state index in [1.807, 2.05) is 79.7 Å². The van der Waals surface area contributed by atoms with Crippen molar-refractivity contribution >= 4 is 16.7 Å². The molecule has 0 radical (unpaired) electrons. The number of ketones is 1. The summed E-state index contributed by atoms with van der Waals surface area (Å²) in [5.74, 6) is 1.49. The van der Waals surface area contributed by atoms with Gasteiger partial charge in [-0.2, -0.15) is 0 Å². The van der Waals surface area contributed by atoms with Crippen molar-refractivity contribution in [3.8, 4) is 11.5 Å². The Labute approximate surface area is 182 Å². The van der Waals surface area contributed by atoms with Crippen LogP contribution in [0.15, 0.2) is 79.0 Å². The fourth-order valence-corrected chi connectivity index (χ4v) is 3.92. The maximum Gasteiger partial charge on any atom is 0.186 e. The van der Waals surface area contributed by atoms with Crippen molar-refractivity contribution in [3.05, 3.63) is 95.7 Å². The molecule has 1 heterocycles. The minimum Gasteiger partial charge on any atom is -0.497 e. The Hall–Kier alpha value is -3.57. The second kappa shape index (κ2) is 9.06. The van der Waals surface area contributed by atoms with Crippen LogP contribution in [-0.4, -0.2) is 25.0 Å². The number of rotatable bonds is 8. The van der Waals surface area contributed by atoms with E-state index >= 15 is 0 Å². The van der Waals surface area contributed by atoms with Gasteiger partial charge in [0.05, 0.1) is 20.3 Å². The van der Waals surface area contributed by atoms with Crippen LogP contribution >= 0.6 is 0 Å². The molecule has 0 fully saturated rings. The molecule has 0 aliphatic carbocycles. The largest absolute Gasteiger partial charge is 0.497 e. The molecule has 31 heavy (non-hydrogen) atoms. The van der Waals surface area contributed by atoms with Gasteiger partial charge in [-0.05, 0) is 36.8 Å². The summed E-state index contributed by atoms with van der Waals surface area (Å²) in [7, 11) is 3.28. The van der Waals surface area contributed by atoms with Gasteiger partial charge < -0.3 is 14.5 Å². The highest BCUT2D eigenvalue weighted by Crippen LogP contribution is 2.32. The average molecular weight is 415 g/mol. The summed E-state index contributed by atoms with van der Waals surface area (Å²) in [5, 5.41) is 4.45. The van der Waals surface area contributed by atoms with Gasteiger partial charge in [0.15, 0.2) is 5.78 Å². The van der Waals surface area contributed by atoms with E-state index in [0.717, 1.165) is 33.5 Å². The van der Waals surface area contributed by atoms with E-state index in [4.69, 9.17) is 9.47 Å². The molecule has 2 unspecified atom stereocenters. The van der Waals surface area contributed by atoms with Crippen molar-refractivity contribution in [2.24, 2.45) is 0 Å². The number of benzene rings is 3. The highest BCUT2D eigenvalue weighted by molar-refractivity contribution is 6.10. The number of aromatic nitrogens is 1. The molecule has 3 aromatic carbocycles. The van der Waals surface area contributed by atoms with E-state index in [9.17, 15) is 4.79 Å². The minimum absolute atomic E-state index is 0.0114. The van der Waals surface area contributed by atoms with Crippen LogP contribution in [0.3, 0.4) is 0 Å². The summed E-state index contributed by atoms with van der Waals surface area (Å²) in [5.41, 5.74) is 3.45. The quantitative estimate of drug-likeness (QED) is 0.376. The summed E-state index contributed by atoms with van der Waals surface area (Å²) >= 11 is 0. The van der Waals surface area contributed by atoms with E-state index < -0.39 is 6.04 Å². The predicted molar refractivity (Wildman–Crippen MR) is 123 cm³/mol. The van der Waals surface area contributed by atoms with Crippen LogP contribution in [0.4, 0.5) is 0 Å². The lowest BCUT2D eigenvalue weighted by molar-refractivity contribution is 0.0938. The molecule has 158 valence electrons. The first-order valence-electron chi connectivity index (χ1n) is 10.3. The summed E-state index contributed by atoms with van der Waals surface area (Å²) in [4.78, 5) is 16.9. The van der Waals surface area contributed by atoms with E-state index in [-0.39, 0.29) is 11.8 Å². The molecule has 0 bridgehead atoms. The van der Waals surface area contributed by atoms with Crippen LogP contribution < -0.4 is 14.8 Å². The maximum absolute atomic E-state index is 13.7. The molecule has 0 aliphatic rings. The summed E-state index contributed by atoms with van der Waals surface area (Å²) < 4.78 is 11.0. The number of carbonyl (C=O) groups is 1. The van der Waals surface area contributed by atoms with Crippen molar-refractivity contribution in [3.63, 3.8) is 0 Å². The van der Waals surface area contributed by atoms with E-state index in [1.165, 1.54) is 0 Å². The fraction of sp³-hybridized carbons (Fsp3) is 0.192. The van der Waals surface area contributed by atoms with Crippen molar-refractivity contribution in [1.29, 1.82) is 0 Å². The molecule has 0 spiro atoms. The molecule has 2 atom stereocenters. The number of aromatic amines is 1. The Morgan fingerprint density at radius 2 is 1.68 bits per heavy atom. The van der Waals surface area contributed by atoms with Crippen molar-refractivity contribution in [1.82, 2.24) is 10.3 Å². The standard InChI is InChI=1S/C26H26N2O3/c1-17(21-15-19(30-2)13-14-24(21)31-3)28-25(18-9-5-4-6-10-18)26(29)22-16-27-23-12-8-7-11-20(22)23/h4-17,25,27-28H,1-3H3. The SMILES string of the molecule is COc1ccc(OC)c(C(C)NC(C(=O)c2c[nH]c3ccccc23)c2ccccc2)c1. The molecule has 0 saturated carbocycles. The number of hydrogen-bond acceptors (Lipinski definition) is 4. The van der Waals surface area contributed by atoms with E-state index in [1.54, 1.807) is 20.4 Å². The van der Waals surface area contributed by atoms with Gasteiger partial charge in [-0.3, -0.25) is 10.1 Å². The number of hydrogen-bond donors (Lipinski definition) is 2. The zero-order valence-electron chi connectivity index (χ0n) is 17.9. The lowest BCUT2D eigenvalue weighted by Crippen LogP contribution is -2.31. The van der Waals surface area contributed by atoms with Gasteiger partial charge in [-0.1, -0.05) is 48.5 Å². The van der Waals surface area contributed by atoms with Gasteiger partial charge in [0.2, 0.25) is 0 Å². The van der Waals surface area contributed by atoms with Crippen molar-refractivity contribution in [2.75, 3.05) is 14.2 Å². The number of methoxy groups -OCH3 is 2. The number of Topliss-reactive ketones (excluding diaryl/α,β-unsaturated/α-hetero) is 1. The third-order valence-electron chi connectivity index (χ3n) is 5.57. The van der Waals surface area contributed by atoms with Gasteiger partial charge in [0.25, 0.3) is 0 Å². The van der Waals surface area contributed by atoms with E-state index in [2.05, 4.69) is 10.3 Å². The Morgan fingerprint density at radius 3 is 2.42 bits per heavy atom. The number of para-hydroxylation sites is 1. The molecular weight excluding hydrogens is 388 g/mol. The van der Waals surface area contributed by atoms with Crippen molar-refractivity contribution in [2.45, 2.75) is 19.0 Å². The van der Waals surface area contributed by atoms with E-state index in [0.29, 0.717) is 5.56 Å². The second-order valence-electron chi connectivity index (χ2n) is 7.45. The van der Waals surface area contributed by atoms with Crippen LogP contribution in [-0.2, 0) is 0 Å². The third kappa shape index (κ3) is 4.18. The average Bonchev–Trinajstić information content (AvgIpc) is 3.26. The highest BCUT2D eigenvalue weighted by Gasteiger charge is 2.27. The molecule has 0 saturated heterocycles. The first kappa shape index (κ1) is 20.7. The molecule has 4 aromatic rings. The van der Waals surface area contributed by atoms with Crippen LogP contribution in [0, 0.1) is 0 Å². The number of ether oxygens (including phenoxy) is 2.